The van der Waals surface area contributed by atoms with E-state index in [0.29, 0.717) is 0 Å². The van der Waals surface area contributed by atoms with E-state index in [1.54, 1.807) is 6.92 Å². The first-order valence-corrected chi connectivity index (χ1v) is 14.3. The van der Waals surface area contributed by atoms with Crippen LogP contribution in [0, 0.1) is 0 Å². The van der Waals surface area contributed by atoms with E-state index >= 15 is 0 Å². The largest absolute Gasteiger partial charge is 0.489 e. The standard InChI is InChI=1S/C32H28N4O2S/c1-19(37)30-12-13-31(39-30)24-8-5-9-27-25(24)16-29(34-27)32-26-15-20(10-11-28(26)35-36-32)21-14-23(18-33-17-21)38-22-6-3-2-4-7-22/h5,8-18,22,34H,2-4,6-7H2,1H3,(H,35,36). The molecule has 4 aromatic heterocycles. The van der Waals surface area contributed by atoms with Crippen molar-refractivity contribution in [1.82, 2.24) is 20.2 Å². The Morgan fingerprint density at radius 1 is 0.923 bits per heavy atom. The fourth-order valence-electron chi connectivity index (χ4n) is 5.58. The van der Waals surface area contributed by atoms with Crippen LogP contribution in [0.3, 0.4) is 0 Å². The number of carbonyl (C=O) groups excluding carboxylic acids is 1. The molecule has 6 nitrogen and oxygen atoms in total. The molecule has 7 rings (SSSR count). The highest BCUT2D eigenvalue weighted by atomic mass is 32.1. The molecule has 0 amide bonds. The average Bonchev–Trinajstić information content (AvgIpc) is 3.71. The molecule has 1 aliphatic rings. The van der Waals surface area contributed by atoms with E-state index < -0.39 is 0 Å². The number of hydrogen-bond acceptors (Lipinski definition) is 5. The molecule has 1 saturated carbocycles. The minimum absolute atomic E-state index is 0.0910. The number of nitrogens with zero attached hydrogens (tertiary/aromatic N) is 2. The highest BCUT2D eigenvalue weighted by Crippen LogP contribution is 2.38. The third-order valence-electron chi connectivity index (χ3n) is 7.60. The third kappa shape index (κ3) is 4.53. The summed E-state index contributed by atoms with van der Waals surface area (Å²) in [6.07, 6.45) is 10.00. The van der Waals surface area contributed by atoms with Crippen LogP contribution in [0.5, 0.6) is 5.75 Å². The normalized spacial score (nSPS) is 14.3. The molecule has 0 bridgehead atoms. The Morgan fingerprint density at radius 3 is 2.67 bits per heavy atom. The molecular formula is C32H28N4O2S. The lowest BCUT2D eigenvalue weighted by atomic mass is 9.98. The summed E-state index contributed by atoms with van der Waals surface area (Å²) in [6.45, 7) is 1.61. The Labute approximate surface area is 230 Å². The first-order valence-electron chi connectivity index (χ1n) is 13.5. The number of aromatic amines is 2. The summed E-state index contributed by atoms with van der Waals surface area (Å²) < 4.78 is 6.28. The van der Waals surface area contributed by atoms with Crippen LogP contribution in [0.1, 0.15) is 48.7 Å². The van der Waals surface area contributed by atoms with Gasteiger partial charge < -0.3 is 9.72 Å². The van der Waals surface area contributed by atoms with Crippen molar-refractivity contribution >= 4 is 38.9 Å². The zero-order chi connectivity index (χ0) is 26.3. The number of pyridine rings is 1. The van der Waals surface area contributed by atoms with Crippen molar-refractivity contribution in [3.05, 3.63) is 77.9 Å². The van der Waals surface area contributed by atoms with Crippen LogP contribution in [0.2, 0.25) is 0 Å². The number of thiophene rings is 1. The van der Waals surface area contributed by atoms with E-state index in [4.69, 9.17) is 4.74 Å². The van der Waals surface area contributed by atoms with Gasteiger partial charge in [0.1, 0.15) is 11.4 Å². The molecular weight excluding hydrogens is 504 g/mol. The van der Waals surface area contributed by atoms with Gasteiger partial charge in [0.05, 0.1) is 28.4 Å². The van der Waals surface area contributed by atoms with Crippen LogP contribution in [-0.2, 0) is 0 Å². The summed E-state index contributed by atoms with van der Waals surface area (Å²) >= 11 is 1.53. The Balaban J connectivity index is 1.25. The molecule has 194 valence electrons. The number of nitrogens with one attached hydrogen (secondary N) is 2. The number of ketones is 1. The maximum atomic E-state index is 11.9. The van der Waals surface area contributed by atoms with Crippen molar-refractivity contribution < 1.29 is 9.53 Å². The maximum Gasteiger partial charge on any atom is 0.169 e. The number of aromatic nitrogens is 4. The summed E-state index contributed by atoms with van der Waals surface area (Å²) in [5, 5.41) is 10.0. The van der Waals surface area contributed by atoms with Crippen molar-refractivity contribution in [1.29, 1.82) is 0 Å². The molecule has 1 aliphatic carbocycles. The third-order valence-corrected chi connectivity index (χ3v) is 8.82. The van der Waals surface area contributed by atoms with Gasteiger partial charge in [0.25, 0.3) is 0 Å². The minimum Gasteiger partial charge on any atom is -0.489 e. The van der Waals surface area contributed by atoms with Gasteiger partial charge in [-0.05, 0) is 80.6 Å². The van der Waals surface area contributed by atoms with Gasteiger partial charge in [-0.15, -0.1) is 11.3 Å². The molecule has 39 heavy (non-hydrogen) atoms. The molecule has 0 saturated heterocycles. The highest BCUT2D eigenvalue weighted by Gasteiger charge is 2.17. The van der Waals surface area contributed by atoms with Gasteiger partial charge in [0.2, 0.25) is 0 Å². The lowest BCUT2D eigenvalue weighted by Crippen LogP contribution is -2.19. The van der Waals surface area contributed by atoms with Gasteiger partial charge in [0.15, 0.2) is 5.78 Å². The second kappa shape index (κ2) is 9.82. The Kier molecular flexibility index (Phi) is 6.01. The van der Waals surface area contributed by atoms with Crippen LogP contribution in [0.4, 0.5) is 0 Å². The fraction of sp³-hybridized carbons (Fsp3) is 0.219. The van der Waals surface area contributed by atoms with Crippen molar-refractivity contribution in [3.63, 3.8) is 0 Å². The predicted octanol–water partition coefficient (Wildman–Crippen LogP) is 8.42. The lowest BCUT2D eigenvalue weighted by Gasteiger charge is -2.23. The molecule has 1 fully saturated rings. The number of benzene rings is 2. The monoisotopic (exact) mass is 532 g/mol. The zero-order valence-electron chi connectivity index (χ0n) is 21.7. The average molecular weight is 533 g/mol. The first kappa shape index (κ1) is 23.9. The van der Waals surface area contributed by atoms with Gasteiger partial charge >= 0.3 is 0 Å². The van der Waals surface area contributed by atoms with E-state index in [0.717, 1.165) is 78.2 Å². The molecule has 7 heteroatoms. The Hall–Kier alpha value is -4.23. The van der Waals surface area contributed by atoms with Gasteiger partial charge in [-0.3, -0.25) is 14.9 Å². The van der Waals surface area contributed by atoms with E-state index in [1.807, 2.05) is 30.6 Å². The number of Topliss-reactive ketones (excluding diaryl/α,β-unsaturated/α-hetero) is 1. The number of rotatable bonds is 6. The molecule has 2 aromatic carbocycles. The van der Waals surface area contributed by atoms with Crippen LogP contribution in [0.25, 0.3) is 54.8 Å². The molecule has 0 radical (unpaired) electrons. The van der Waals surface area contributed by atoms with Crippen LogP contribution in [-0.4, -0.2) is 32.1 Å². The summed E-state index contributed by atoms with van der Waals surface area (Å²) in [5.41, 5.74) is 7.01. The SMILES string of the molecule is CC(=O)c1ccc(-c2cccc3[nH]c(-c4n[nH]c5ccc(-c6cncc(OC7CCCCC7)c6)cc45)cc23)s1. The van der Waals surface area contributed by atoms with E-state index in [9.17, 15) is 4.79 Å². The molecule has 2 N–H and O–H groups in total. The molecule has 6 aromatic rings. The van der Waals surface area contributed by atoms with Gasteiger partial charge in [-0.1, -0.05) is 24.6 Å². The molecule has 0 atom stereocenters. The number of hydrogen-bond donors (Lipinski definition) is 2. The second-order valence-electron chi connectivity index (χ2n) is 10.3. The van der Waals surface area contributed by atoms with Gasteiger partial charge in [-0.25, -0.2) is 0 Å². The summed E-state index contributed by atoms with van der Waals surface area (Å²) in [6, 6.07) is 20.7. The highest BCUT2D eigenvalue weighted by molar-refractivity contribution is 7.17. The number of ether oxygens (including phenoxy) is 1. The van der Waals surface area contributed by atoms with E-state index in [1.165, 1.54) is 30.6 Å². The van der Waals surface area contributed by atoms with Crippen LogP contribution in [0.15, 0.2) is 73.1 Å². The maximum absolute atomic E-state index is 11.9. The summed E-state index contributed by atoms with van der Waals surface area (Å²) in [4.78, 5) is 21.8. The minimum atomic E-state index is 0.0910. The smallest absolute Gasteiger partial charge is 0.169 e. The predicted molar refractivity (Wildman–Crippen MR) is 157 cm³/mol. The summed E-state index contributed by atoms with van der Waals surface area (Å²) in [5.74, 6) is 0.921. The van der Waals surface area contributed by atoms with Crippen molar-refractivity contribution in [2.75, 3.05) is 0 Å². The second-order valence-corrected chi connectivity index (χ2v) is 11.4. The number of fused-ring (bicyclic) bond motifs is 2. The van der Waals surface area contributed by atoms with Gasteiger partial charge in [0, 0.05) is 38.5 Å². The molecule has 4 heterocycles. The van der Waals surface area contributed by atoms with E-state index in [2.05, 4.69) is 62.6 Å². The molecule has 0 spiro atoms. The lowest BCUT2D eigenvalue weighted by molar-refractivity contribution is 0.102. The Morgan fingerprint density at radius 2 is 1.82 bits per heavy atom. The topological polar surface area (TPSA) is 83.7 Å². The quantitative estimate of drug-likeness (QED) is 0.211. The number of H-pyrrole nitrogens is 2. The Bertz CT molecular complexity index is 1820. The first-order chi connectivity index (χ1) is 19.1. The number of carbonyl (C=O) groups is 1. The summed E-state index contributed by atoms with van der Waals surface area (Å²) in [7, 11) is 0. The van der Waals surface area contributed by atoms with Crippen LogP contribution < -0.4 is 4.74 Å². The molecule has 0 unspecified atom stereocenters. The van der Waals surface area contributed by atoms with Crippen molar-refractivity contribution in [2.24, 2.45) is 0 Å². The molecule has 0 aliphatic heterocycles. The van der Waals surface area contributed by atoms with Crippen molar-refractivity contribution in [3.8, 4) is 38.7 Å². The van der Waals surface area contributed by atoms with Crippen molar-refractivity contribution in [2.45, 2.75) is 45.1 Å². The fourth-order valence-corrected chi connectivity index (χ4v) is 6.53. The van der Waals surface area contributed by atoms with Crippen LogP contribution >= 0.6 is 11.3 Å². The van der Waals surface area contributed by atoms with E-state index in [-0.39, 0.29) is 11.9 Å². The van der Waals surface area contributed by atoms with Gasteiger partial charge in [-0.2, -0.15) is 5.10 Å². The zero-order valence-corrected chi connectivity index (χ0v) is 22.5.